The molecule has 3 aromatic rings. The number of pyridine rings is 1. The Labute approximate surface area is 215 Å². The van der Waals surface area contributed by atoms with Gasteiger partial charge in [0.2, 0.25) is 5.88 Å². The highest BCUT2D eigenvalue weighted by Gasteiger charge is 2.32. The summed E-state index contributed by atoms with van der Waals surface area (Å²) in [5.74, 6) is -0.449. The van der Waals surface area contributed by atoms with Gasteiger partial charge in [-0.1, -0.05) is 11.6 Å². The van der Waals surface area contributed by atoms with Crippen molar-refractivity contribution in [3.05, 3.63) is 64.8 Å². The van der Waals surface area contributed by atoms with Crippen LogP contribution in [0.25, 0.3) is 0 Å². The third-order valence-corrected chi connectivity index (χ3v) is 6.61. The zero-order chi connectivity index (χ0) is 27.4. The lowest BCUT2D eigenvalue weighted by Crippen LogP contribution is -2.17. The minimum atomic E-state index is -4.61. The summed E-state index contributed by atoms with van der Waals surface area (Å²) in [6, 6.07) is 8.69. The minimum Gasteiger partial charge on any atom is -0.493 e. The average molecular weight is 561 g/mol. The lowest BCUT2D eigenvalue weighted by Gasteiger charge is -2.16. The van der Waals surface area contributed by atoms with E-state index in [0.29, 0.717) is 12.3 Å². The number of rotatable bonds is 9. The quantitative estimate of drug-likeness (QED) is 0.361. The van der Waals surface area contributed by atoms with Crippen LogP contribution in [-0.4, -0.2) is 40.7 Å². The number of carbonyl (C=O) groups is 1. The SMILES string of the molecule is COC(=O)Cc1cc(OC)c(OC)cc1S(=O)(=O)Nc1ccc(Oc2ncc(C(F)(F)F)cc2Cl)cc1. The van der Waals surface area contributed by atoms with E-state index in [1.165, 1.54) is 57.7 Å². The van der Waals surface area contributed by atoms with Gasteiger partial charge in [0.15, 0.2) is 11.5 Å². The summed E-state index contributed by atoms with van der Waals surface area (Å²) in [4.78, 5) is 15.2. The standard InChI is InChI=1S/C23H20ClF3N2O7S/c1-33-18-8-13(9-21(30)35-3)20(11-19(18)34-2)37(31,32)29-15-4-6-16(7-5-15)36-22-17(24)10-14(12-28-22)23(25,26)27/h4-8,10-12,29H,9H2,1-3H3. The molecule has 0 spiro atoms. The van der Waals surface area contributed by atoms with Crippen LogP contribution in [0.1, 0.15) is 11.1 Å². The van der Waals surface area contributed by atoms with E-state index in [4.69, 9.17) is 25.8 Å². The van der Waals surface area contributed by atoms with Gasteiger partial charge in [-0.25, -0.2) is 13.4 Å². The molecule has 1 aromatic heterocycles. The van der Waals surface area contributed by atoms with E-state index in [9.17, 15) is 26.4 Å². The Balaban J connectivity index is 1.85. The van der Waals surface area contributed by atoms with Crippen LogP contribution < -0.4 is 18.9 Å². The maximum atomic E-state index is 13.2. The number of benzene rings is 2. The number of anilines is 1. The van der Waals surface area contributed by atoms with Crippen molar-refractivity contribution >= 4 is 33.3 Å². The van der Waals surface area contributed by atoms with Crippen molar-refractivity contribution in [2.24, 2.45) is 0 Å². The third-order valence-electron chi connectivity index (χ3n) is 4.87. The summed E-state index contributed by atoms with van der Waals surface area (Å²) in [7, 11) is -0.358. The van der Waals surface area contributed by atoms with E-state index in [-0.39, 0.29) is 50.7 Å². The van der Waals surface area contributed by atoms with Gasteiger partial charge in [-0.2, -0.15) is 13.2 Å². The summed E-state index contributed by atoms with van der Waals surface area (Å²) in [5.41, 5.74) is -0.797. The minimum absolute atomic E-state index is 0.111. The number of nitrogens with zero attached hydrogens (tertiary/aromatic N) is 1. The van der Waals surface area contributed by atoms with E-state index in [1.807, 2.05) is 0 Å². The molecule has 0 saturated carbocycles. The molecule has 0 amide bonds. The molecule has 0 fully saturated rings. The number of hydrogen-bond donors (Lipinski definition) is 1. The second-order valence-electron chi connectivity index (χ2n) is 7.31. The molecule has 0 aliphatic heterocycles. The number of hydrogen-bond acceptors (Lipinski definition) is 8. The molecular weight excluding hydrogens is 541 g/mol. The Kier molecular flexibility index (Phi) is 8.39. The summed E-state index contributed by atoms with van der Waals surface area (Å²) in [5, 5.41) is -0.355. The molecule has 9 nitrogen and oxygen atoms in total. The summed E-state index contributed by atoms with van der Waals surface area (Å²) in [6.07, 6.45) is -4.38. The second kappa shape index (κ2) is 11.1. The van der Waals surface area contributed by atoms with Crippen molar-refractivity contribution < 1.29 is 45.3 Å². The summed E-state index contributed by atoms with van der Waals surface area (Å²) < 4.78 is 87.5. The predicted octanol–water partition coefficient (Wildman–Crippen LogP) is 5.08. The number of halogens is 4. The fourth-order valence-electron chi connectivity index (χ4n) is 3.09. The number of nitrogens with one attached hydrogen (secondary N) is 1. The number of esters is 1. The fourth-order valence-corrected chi connectivity index (χ4v) is 4.59. The average Bonchev–Trinajstić information content (AvgIpc) is 2.85. The Bertz CT molecular complexity index is 1400. The van der Waals surface area contributed by atoms with Gasteiger partial charge in [0.05, 0.1) is 38.2 Å². The number of ether oxygens (including phenoxy) is 4. The highest BCUT2D eigenvalue weighted by Crippen LogP contribution is 2.36. The lowest BCUT2D eigenvalue weighted by molar-refractivity contribution is -0.140. The number of sulfonamides is 1. The van der Waals surface area contributed by atoms with Gasteiger partial charge in [-0.3, -0.25) is 9.52 Å². The van der Waals surface area contributed by atoms with E-state index in [2.05, 4.69) is 14.4 Å². The smallest absolute Gasteiger partial charge is 0.417 e. The van der Waals surface area contributed by atoms with Crippen LogP contribution in [0.5, 0.6) is 23.1 Å². The van der Waals surface area contributed by atoms with Crippen molar-refractivity contribution in [2.45, 2.75) is 17.5 Å². The number of carbonyl (C=O) groups excluding carboxylic acids is 1. The van der Waals surface area contributed by atoms with Gasteiger partial charge in [-0.15, -0.1) is 0 Å². The van der Waals surface area contributed by atoms with Crippen molar-refractivity contribution in [1.29, 1.82) is 0 Å². The van der Waals surface area contributed by atoms with Crippen molar-refractivity contribution in [3.8, 4) is 23.1 Å². The molecule has 14 heteroatoms. The molecule has 3 rings (SSSR count). The molecule has 0 aliphatic carbocycles. The maximum Gasteiger partial charge on any atom is 0.417 e. The Morgan fingerprint density at radius 3 is 2.19 bits per heavy atom. The van der Waals surface area contributed by atoms with Gasteiger partial charge < -0.3 is 18.9 Å². The summed E-state index contributed by atoms with van der Waals surface area (Å²) in [6.45, 7) is 0. The van der Waals surface area contributed by atoms with Crippen molar-refractivity contribution in [3.63, 3.8) is 0 Å². The van der Waals surface area contributed by atoms with Crippen LogP contribution in [0.3, 0.4) is 0 Å². The molecule has 1 N–H and O–H groups in total. The maximum absolute atomic E-state index is 13.2. The van der Waals surface area contributed by atoms with E-state index < -0.39 is 27.7 Å². The Hall–Kier alpha value is -3.71. The number of aromatic nitrogens is 1. The molecule has 0 bridgehead atoms. The molecule has 198 valence electrons. The highest BCUT2D eigenvalue weighted by molar-refractivity contribution is 7.92. The predicted molar refractivity (Wildman–Crippen MR) is 127 cm³/mol. The zero-order valence-corrected chi connectivity index (χ0v) is 21.1. The van der Waals surface area contributed by atoms with Gasteiger partial charge >= 0.3 is 12.1 Å². The lowest BCUT2D eigenvalue weighted by atomic mass is 10.1. The van der Waals surface area contributed by atoms with Crippen LogP contribution >= 0.6 is 11.6 Å². The Morgan fingerprint density at radius 1 is 1.03 bits per heavy atom. The molecule has 2 aromatic carbocycles. The normalized spacial score (nSPS) is 11.5. The van der Waals surface area contributed by atoms with Gasteiger partial charge in [-0.05, 0) is 42.0 Å². The molecule has 0 radical (unpaired) electrons. The van der Waals surface area contributed by atoms with Crippen LogP contribution in [0.2, 0.25) is 5.02 Å². The van der Waals surface area contributed by atoms with E-state index in [1.54, 1.807) is 0 Å². The van der Waals surface area contributed by atoms with Crippen LogP contribution in [0.4, 0.5) is 18.9 Å². The summed E-state index contributed by atoms with van der Waals surface area (Å²) >= 11 is 5.85. The highest BCUT2D eigenvalue weighted by atomic mass is 35.5. The fraction of sp³-hybridized carbons (Fsp3) is 0.217. The monoisotopic (exact) mass is 560 g/mol. The van der Waals surface area contributed by atoms with Crippen LogP contribution in [0.15, 0.2) is 53.6 Å². The van der Waals surface area contributed by atoms with E-state index in [0.717, 1.165) is 0 Å². The van der Waals surface area contributed by atoms with Crippen LogP contribution in [0, 0.1) is 0 Å². The molecule has 0 unspecified atom stereocenters. The molecule has 0 saturated heterocycles. The second-order valence-corrected chi connectivity index (χ2v) is 9.37. The zero-order valence-electron chi connectivity index (χ0n) is 19.6. The van der Waals surface area contributed by atoms with Gasteiger partial charge in [0.25, 0.3) is 10.0 Å². The number of methoxy groups -OCH3 is 3. The van der Waals surface area contributed by atoms with Gasteiger partial charge in [0.1, 0.15) is 10.8 Å². The van der Waals surface area contributed by atoms with Crippen molar-refractivity contribution in [2.75, 3.05) is 26.1 Å². The van der Waals surface area contributed by atoms with Gasteiger partial charge in [0, 0.05) is 18.0 Å². The number of alkyl halides is 3. The molecular formula is C23H20ClF3N2O7S. The first kappa shape index (κ1) is 27.9. The first-order chi connectivity index (χ1) is 17.4. The third kappa shape index (κ3) is 6.74. The van der Waals surface area contributed by atoms with E-state index >= 15 is 0 Å². The Morgan fingerprint density at radius 2 is 1.65 bits per heavy atom. The first-order valence-electron chi connectivity index (χ1n) is 10.2. The molecule has 1 heterocycles. The molecule has 37 heavy (non-hydrogen) atoms. The topological polar surface area (TPSA) is 113 Å². The first-order valence-corrected chi connectivity index (χ1v) is 12.1. The largest absolute Gasteiger partial charge is 0.493 e. The molecule has 0 aliphatic rings. The molecule has 0 atom stereocenters. The van der Waals surface area contributed by atoms with Crippen molar-refractivity contribution in [1.82, 2.24) is 4.98 Å². The van der Waals surface area contributed by atoms with Crippen LogP contribution in [-0.2, 0) is 32.2 Å².